The maximum Gasteiger partial charge on any atom is -0.0210 e. The van der Waals surface area contributed by atoms with E-state index in [0.717, 1.165) is 35.5 Å². The minimum Gasteiger partial charge on any atom is -0.0617 e. The monoisotopic (exact) mass is 192 g/mol. The lowest BCUT2D eigenvalue weighted by molar-refractivity contribution is 0.0302. The van der Waals surface area contributed by atoms with Gasteiger partial charge < -0.3 is 0 Å². The van der Waals surface area contributed by atoms with E-state index in [1.54, 1.807) is 0 Å². The molecule has 0 aromatic rings. The molecule has 0 aliphatic heterocycles. The van der Waals surface area contributed by atoms with Crippen LogP contribution in [-0.2, 0) is 0 Å². The average molecular weight is 192 g/mol. The number of rotatable bonds is 0. The highest BCUT2D eigenvalue weighted by atomic mass is 14.8. The summed E-state index contributed by atoms with van der Waals surface area (Å²) in [6.45, 7) is 15.3. The topological polar surface area (TPSA) is 0 Å². The number of hydrogen-bond donors (Lipinski definition) is 0. The summed E-state index contributed by atoms with van der Waals surface area (Å²) in [5.41, 5.74) is 1.28. The summed E-state index contributed by atoms with van der Waals surface area (Å²) in [5, 5.41) is 0. The second-order valence-electron chi connectivity index (χ2n) is 6.87. The van der Waals surface area contributed by atoms with Crippen LogP contribution in [0.25, 0.3) is 0 Å². The summed E-state index contributed by atoms with van der Waals surface area (Å²) in [6.07, 6.45) is 0. The Hall–Kier alpha value is 0. The fourth-order valence-electron chi connectivity index (χ4n) is 6.59. The van der Waals surface area contributed by atoms with Crippen molar-refractivity contribution in [2.24, 2.45) is 46.3 Å². The average Bonchev–Trinajstić information content (AvgIpc) is 2.56. The Morgan fingerprint density at radius 2 is 0.786 bits per heavy atom. The molecule has 0 radical (unpaired) electrons. The highest BCUT2D eigenvalue weighted by Gasteiger charge is 2.80. The van der Waals surface area contributed by atoms with Gasteiger partial charge in [-0.05, 0) is 46.3 Å². The van der Waals surface area contributed by atoms with Gasteiger partial charge >= 0.3 is 0 Å². The molecule has 0 nitrogen and oxygen atoms in total. The predicted molar refractivity (Wildman–Crippen MR) is 59.9 cm³/mol. The third-order valence-corrected chi connectivity index (χ3v) is 7.70. The molecular formula is C14H24. The van der Waals surface area contributed by atoms with Crippen LogP contribution in [0.2, 0.25) is 0 Å². The molecule has 4 aliphatic carbocycles. The quantitative estimate of drug-likeness (QED) is 0.547. The van der Waals surface area contributed by atoms with Gasteiger partial charge in [-0.2, -0.15) is 0 Å². The second kappa shape index (κ2) is 2.08. The fraction of sp³-hybridized carbons (Fsp3) is 1.00. The van der Waals surface area contributed by atoms with Crippen molar-refractivity contribution in [3.05, 3.63) is 0 Å². The van der Waals surface area contributed by atoms with Crippen LogP contribution in [0.5, 0.6) is 0 Å². The van der Waals surface area contributed by atoms with Gasteiger partial charge in [0.2, 0.25) is 0 Å². The Bertz CT molecular complexity index is 240. The normalized spacial score (nSPS) is 75.0. The molecule has 0 aromatic heterocycles. The maximum absolute atomic E-state index is 2.59. The van der Waals surface area contributed by atoms with Gasteiger partial charge in [-0.25, -0.2) is 0 Å². The Labute approximate surface area is 88.5 Å². The molecule has 4 rings (SSSR count). The van der Waals surface area contributed by atoms with Gasteiger partial charge in [0, 0.05) is 0 Å². The molecule has 80 valence electrons. The fourth-order valence-corrected chi connectivity index (χ4v) is 6.59. The number of hydrogen-bond acceptors (Lipinski definition) is 0. The van der Waals surface area contributed by atoms with Crippen molar-refractivity contribution in [2.45, 2.75) is 41.5 Å². The third kappa shape index (κ3) is 0.517. The zero-order valence-corrected chi connectivity index (χ0v) is 10.5. The molecule has 0 saturated heterocycles. The summed E-state index contributed by atoms with van der Waals surface area (Å²) < 4.78 is 0. The summed E-state index contributed by atoms with van der Waals surface area (Å²) in [4.78, 5) is 0. The molecular weight excluding hydrogens is 168 g/mol. The summed E-state index contributed by atoms with van der Waals surface area (Å²) in [5.74, 6) is 5.96. The van der Waals surface area contributed by atoms with Gasteiger partial charge in [-0.1, -0.05) is 41.5 Å². The Balaban J connectivity index is 2.23. The lowest BCUT2D eigenvalue weighted by Crippen LogP contribution is -2.39. The molecule has 14 heavy (non-hydrogen) atoms. The molecule has 0 amide bonds. The zero-order valence-electron chi connectivity index (χ0n) is 10.5. The summed E-state index contributed by atoms with van der Waals surface area (Å²) >= 11 is 0. The van der Waals surface area contributed by atoms with E-state index in [4.69, 9.17) is 0 Å². The van der Waals surface area contributed by atoms with E-state index in [1.165, 1.54) is 0 Å². The van der Waals surface area contributed by atoms with Crippen molar-refractivity contribution in [3.63, 3.8) is 0 Å². The lowest BCUT2D eigenvalue weighted by Gasteiger charge is -2.44. The van der Waals surface area contributed by atoms with Gasteiger partial charge in [-0.3, -0.25) is 0 Å². The van der Waals surface area contributed by atoms with E-state index in [9.17, 15) is 0 Å². The van der Waals surface area contributed by atoms with E-state index in [2.05, 4.69) is 41.5 Å². The maximum atomic E-state index is 2.59. The SMILES string of the molecule is CC1C2C3C(C)C1(C)C(C)(C2C)C3C. The molecule has 4 atom stereocenters. The van der Waals surface area contributed by atoms with Gasteiger partial charge in [-0.15, -0.1) is 0 Å². The minimum atomic E-state index is 0.640. The highest BCUT2D eigenvalue weighted by Crippen LogP contribution is 2.84. The molecule has 4 saturated carbocycles. The van der Waals surface area contributed by atoms with Crippen LogP contribution in [-0.4, -0.2) is 0 Å². The lowest BCUT2D eigenvalue weighted by atomic mass is 9.60. The molecule has 4 aliphatic rings. The van der Waals surface area contributed by atoms with Crippen LogP contribution >= 0.6 is 0 Å². The molecule has 0 heteroatoms. The van der Waals surface area contributed by atoms with Crippen molar-refractivity contribution < 1.29 is 0 Å². The van der Waals surface area contributed by atoms with E-state index < -0.39 is 0 Å². The molecule has 0 heterocycles. The predicted octanol–water partition coefficient (Wildman–Crippen LogP) is 3.82. The van der Waals surface area contributed by atoms with Crippen LogP contribution in [0.15, 0.2) is 0 Å². The van der Waals surface area contributed by atoms with Gasteiger partial charge in [0.05, 0.1) is 0 Å². The van der Waals surface area contributed by atoms with Crippen molar-refractivity contribution in [3.8, 4) is 0 Å². The summed E-state index contributed by atoms with van der Waals surface area (Å²) in [7, 11) is 0. The smallest absolute Gasteiger partial charge is 0.0210 e. The Morgan fingerprint density at radius 1 is 0.571 bits per heavy atom. The molecule has 4 bridgehead atoms. The second-order valence-corrected chi connectivity index (χ2v) is 6.87. The van der Waals surface area contributed by atoms with Crippen molar-refractivity contribution in [2.75, 3.05) is 0 Å². The van der Waals surface area contributed by atoms with Crippen molar-refractivity contribution in [1.82, 2.24) is 0 Å². The first-order valence-electron chi connectivity index (χ1n) is 6.38. The first-order chi connectivity index (χ1) is 6.38. The molecule has 4 fully saturated rings. The van der Waals surface area contributed by atoms with Crippen LogP contribution < -0.4 is 0 Å². The van der Waals surface area contributed by atoms with Gasteiger partial charge in [0.25, 0.3) is 0 Å². The third-order valence-electron chi connectivity index (χ3n) is 7.70. The first-order valence-corrected chi connectivity index (χ1v) is 6.38. The zero-order chi connectivity index (χ0) is 10.5. The summed E-state index contributed by atoms with van der Waals surface area (Å²) in [6, 6.07) is 0. The molecule has 0 aromatic carbocycles. The standard InChI is InChI=1S/C14H24/c1-7-11-8(2)14(6)10(4)12(11)9(3)13(7,14)5/h7-12H,1-6H3. The Kier molecular flexibility index (Phi) is 1.37. The largest absolute Gasteiger partial charge is 0.0617 e. The minimum absolute atomic E-state index is 0.640. The van der Waals surface area contributed by atoms with Crippen LogP contribution in [0.1, 0.15) is 41.5 Å². The van der Waals surface area contributed by atoms with E-state index >= 15 is 0 Å². The van der Waals surface area contributed by atoms with Crippen molar-refractivity contribution >= 4 is 0 Å². The van der Waals surface area contributed by atoms with Crippen molar-refractivity contribution in [1.29, 1.82) is 0 Å². The first kappa shape index (κ1) is 9.24. The molecule has 4 unspecified atom stereocenters. The van der Waals surface area contributed by atoms with E-state index in [1.807, 2.05) is 0 Å². The molecule has 0 N–H and O–H groups in total. The Morgan fingerprint density at radius 3 is 0.929 bits per heavy atom. The van der Waals surface area contributed by atoms with Crippen LogP contribution in [0.3, 0.4) is 0 Å². The van der Waals surface area contributed by atoms with E-state index in [-0.39, 0.29) is 0 Å². The van der Waals surface area contributed by atoms with Gasteiger partial charge in [0.1, 0.15) is 0 Å². The molecule has 0 spiro atoms. The highest BCUT2D eigenvalue weighted by molar-refractivity contribution is 5.27. The van der Waals surface area contributed by atoms with Crippen LogP contribution in [0, 0.1) is 46.3 Å². The van der Waals surface area contributed by atoms with Crippen LogP contribution in [0.4, 0.5) is 0 Å². The van der Waals surface area contributed by atoms with E-state index in [0.29, 0.717) is 10.8 Å². The van der Waals surface area contributed by atoms with Gasteiger partial charge in [0.15, 0.2) is 0 Å².